The Morgan fingerprint density at radius 3 is 1.16 bits per heavy atom. The van der Waals surface area contributed by atoms with E-state index in [9.17, 15) is 4.57 Å². The average molecular weight is 948 g/mol. The van der Waals surface area contributed by atoms with Crippen LogP contribution in [-0.4, -0.2) is 55.4 Å². The van der Waals surface area contributed by atoms with Crippen molar-refractivity contribution < 1.29 is 18.1 Å². The number of rotatable bonds is 46. The van der Waals surface area contributed by atoms with Crippen molar-refractivity contribution >= 4 is 31.3 Å². The van der Waals surface area contributed by atoms with E-state index in [4.69, 9.17) is 9.05 Å². The molecule has 8 heteroatoms. The lowest BCUT2D eigenvalue weighted by Crippen LogP contribution is -2.38. The fourth-order valence-corrected chi connectivity index (χ4v) is 12.2. The molecule has 0 saturated heterocycles. The van der Waals surface area contributed by atoms with Gasteiger partial charge in [-0.3, -0.25) is 9.05 Å². The number of unbranched alkanes of at least 4 members (excludes halogenated alkanes) is 22. The van der Waals surface area contributed by atoms with Gasteiger partial charge in [-0.05, 0) is 49.7 Å². The number of quaternary nitrogens is 1. The topological polar surface area (TPSA) is 47.6 Å². The Morgan fingerprint density at radius 1 is 0.516 bits per heavy atom. The maximum atomic E-state index is 13.8. The van der Waals surface area contributed by atoms with Crippen LogP contribution in [0.5, 0.6) is 0 Å². The molecular formula is C56H103N2O3PS2. The lowest BCUT2D eigenvalue weighted by molar-refractivity contribution is -0.844. The van der Waals surface area contributed by atoms with Crippen LogP contribution in [0.25, 0.3) is 0 Å². The van der Waals surface area contributed by atoms with Gasteiger partial charge in [-0.25, -0.2) is 9.65 Å². The van der Waals surface area contributed by atoms with E-state index in [1.807, 2.05) is 14.1 Å². The zero-order valence-electron chi connectivity index (χ0n) is 41.5. The number of likely N-dealkylation sites (N-methyl/N-ethyl adjacent to an activating group) is 1. The van der Waals surface area contributed by atoms with Crippen molar-refractivity contribution in [2.45, 2.75) is 236 Å². The van der Waals surface area contributed by atoms with Gasteiger partial charge < -0.3 is 4.48 Å². The Hall–Kier alpha value is -0.790. The molecule has 372 valence electrons. The number of nitrogens with one attached hydrogen (secondary N) is 1. The number of nitrogens with zero attached hydrogens (tertiary/aromatic N) is 1. The molecule has 5 nitrogen and oxygen atoms in total. The molecule has 3 atom stereocenters. The molecule has 2 aromatic rings. The second kappa shape index (κ2) is 42.3. The first-order valence-electron chi connectivity index (χ1n) is 26.4. The van der Waals surface area contributed by atoms with Gasteiger partial charge in [-0.15, -0.1) is 7.05 Å². The number of hydrogen-bond acceptors (Lipinski definition) is 5. The largest absolute Gasteiger partial charge is 0.461 e. The summed E-state index contributed by atoms with van der Waals surface area (Å²) in [5, 5.41) is 4.71. The van der Waals surface area contributed by atoms with Crippen LogP contribution >= 0.6 is 31.3 Å². The minimum absolute atomic E-state index is 0. The van der Waals surface area contributed by atoms with Gasteiger partial charge in [-0.1, -0.05) is 236 Å². The fraction of sp³-hybridized carbons (Fsp3) is 0.768. The van der Waals surface area contributed by atoms with E-state index in [1.165, 1.54) is 178 Å². The highest BCUT2D eigenvalue weighted by Gasteiger charge is 2.24. The van der Waals surface area contributed by atoms with Crippen LogP contribution in [0.1, 0.15) is 225 Å². The summed E-state index contributed by atoms with van der Waals surface area (Å²) >= 11 is 4.37. The van der Waals surface area contributed by atoms with E-state index >= 15 is 0 Å². The van der Waals surface area contributed by atoms with E-state index < -0.39 is 7.75 Å². The number of hydrogen-bond donors (Lipinski definition) is 1. The van der Waals surface area contributed by atoms with E-state index in [0.29, 0.717) is 24.2 Å². The van der Waals surface area contributed by atoms with Crippen LogP contribution in [-0.2, 0) is 25.1 Å². The zero-order chi connectivity index (χ0) is 45.4. The second-order valence-electron chi connectivity index (χ2n) is 19.2. The molecule has 0 amide bonds. The summed E-state index contributed by atoms with van der Waals surface area (Å²) in [6, 6.07) is 22.0. The monoisotopic (exact) mass is 947 g/mol. The minimum Gasteiger partial charge on any atom is -0.461 e. The molecule has 0 heterocycles. The highest BCUT2D eigenvalue weighted by molar-refractivity contribution is 7.99. The maximum Gasteiger partial charge on any atom is 0.405 e. The molecule has 0 spiro atoms. The van der Waals surface area contributed by atoms with Gasteiger partial charge in [0.05, 0.1) is 26.3 Å². The summed E-state index contributed by atoms with van der Waals surface area (Å²) in [7, 11) is 4.92. The van der Waals surface area contributed by atoms with Crippen molar-refractivity contribution in [1.29, 1.82) is 0 Å². The third-order valence-electron chi connectivity index (χ3n) is 12.3. The Kier molecular flexibility index (Phi) is 40.5. The zero-order valence-corrected chi connectivity index (χ0v) is 44.1. The van der Waals surface area contributed by atoms with Gasteiger partial charge in [0, 0.05) is 36.1 Å². The molecule has 0 aliphatic heterocycles. The molecule has 2 rings (SSSR count). The van der Waals surface area contributed by atoms with E-state index in [2.05, 4.69) is 110 Å². The summed E-state index contributed by atoms with van der Waals surface area (Å²) in [6.07, 6.45) is 39.1. The Balaban J connectivity index is 0.0000205. The lowest BCUT2D eigenvalue weighted by atomic mass is 10.0. The lowest BCUT2D eigenvalue weighted by Gasteiger charge is -2.33. The Bertz CT molecular complexity index is 1310. The van der Waals surface area contributed by atoms with E-state index in [0.717, 1.165) is 54.2 Å². The normalized spacial score (nSPS) is 13.7. The Morgan fingerprint density at radius 2 is 0.828 bits per heavy atom. The number of thioether (sulfide) groups is 2. The molecule has 1 N–H and O–H groups in total. The summed E-state index contributed by atoms with van der Waals surface area (Å²) in [4.78, 5) is 0. The first kappa shape index (κ1) is 61.2. The van der Waals surface area contributed by atoms with Gasteiger partial charge in [0.1, 0.15) is 0 Å². The van der Waals surface area contributed by atoms with E-state index in [1.54, 1.807) is 0 Å². The van der Waals surface area contributed by atoms with Crippen LogP contribution in [0.2, 0.25) is 0 Å². The quantitative estimate of drug-likeness (QED) is 0.0309. The van der Waals surface area contributed by atoms with Crippen molar-refractivity contribution in [2.75, 3.05) is 40.4 Å². The average Bonchev–Trinajstić information content (AvgIpc) is 3.27. The third kappa shape index (κ3) is 37.2. The van der Waals surface area contributed by atoms with Crippen LogP contribution < -0.4 is 5.09 Å². The molecule has 0 fully saturated rings. The van der Waals surface area contributed by atoms with Crippen molar-refractivity contribution in [1.82, 2.24) is 5.09 Å². The van der Waals surface area contributed by atoms with Gasteiger partial charge in [0.25, 0.3) is 0 Å². The molecule has 0 saturated carbocycles. The predicted molar refractivity (Wildman–Crippen MR) is 289 cm³/mol. The van der Waals surface area contributed by atoms with Gasteiger partial charge in [0.2, 0.25) is 0 Å². The van der Waals surface area contributed by atoms with Crippen molar-refractivity contribution in [2.24, 2.45) is 0 Å². The molecule has 0 radical (unpaired) electrons. The molecule has 0 aromatic heterocycles. The van der Waals surface area contributed by atoms with Gasteiger partial charge >= 0.3 is 7.75 Å². The summed E-state index contributed by atoms with van der Waals surface area (Å²) in [6.45, 7) is 6.88. The van der Waals surface area contributed by atoms with Crippen molar-refractivity contribution in [3.63, 3.8) is 0 Å². The van der Waals surface area contributed by atoms with Crippen LogP contribution in [0.3, 0.4) is 0 Å². The second-order valence-corrected chi connectivity index (χ2v) is 23.6. The summed E-state index contributed by atoms with van der Waals surface area (Å²) in [5.41, 5.74) is 2.91. The molecule has 3 unspecified atom stereocenters. The standard InChI is InChI=1S/C55H99N2O3PS2.CH4/c1-6-8-10-12-15-21-33-43-55(63-51-53-40-30-27-31-41-53)45-35-23-17-19-25-37-49-60-61(58,56-46-47-57(3,4)5)59-48-36-24-18-14-16-22-34-44-54(42-32-20-13-11-9-7-2)62-50-52-38-28-26-29-39-52;/h26-31,38-41,54-55H,3,6-25,32-37,42-51H2,1-2,4-5H3,(H,56,58);1H4. The van der Waals surface area contributed by atoms with Gasteiger partial charge in [-0.2, -0.15) is 23.5 Å². The van der Waals surface area contributed by atoms with Crippen LogP contribution in [0.15, 0.2) is 60.7 Å². The number of benzene rings is 2. The Labute approximate surface area is 407 Å². The van der Waals surface area contributed by atoms with Crippen LogP contribution in [0.4, 0.5) is 0 Å². The summed E-state index contributed by atoms with van der Waals surface area (Å²) < 4.78 is 26.3. The maximum absolute atomic E-state index is 13.8. The van der Waals surface area contributed by atoms with Crippen molar-refractivity contribution in [3.05, 3.63) is 78.8 Å². The molecule has 0 aliphatic carbocycles. The molecule has 0 aliphatic rings. The molecule has 0 bridgehead atoms. The first-order chi connectivity index (χ1) is 30.7. The SMILES string of the molecule is C.[CH2-][N+](C)(C)CCNP(=O)(OCCCCCCCCCC(CCCCCCCC)SCc1ccccc1)OCCCCCCCCC(CCCCCCCCC)SCc1ccccc1. The third-order valence-corrected chi connectivity index (χ3v) is 16.8. The predicted octanol–water partition coefficient (Wildman–Crippen LogP) is 18.6. The molecular weight excluding hydrogens is 844 g/mol. The first-order valence-corrected chi connectivity index (χ1v) is 30.0. The summed E-state index contributed by atoms with van der Waals surface area (Å²) in [5.74, 6) is 2.27. The minimum atomic E-state index is -3.34. The highest BCUT2D eigenvalue weighted by Crippen LogP contribution is 2.44. The molecule has 64 heavy (non-hydrogen) atoms. The van der Waals surface area contributed by atoms with Crippen LogP contribution in [0, 0.1) is 7.05 Å². The highest BCUT2D eigenvalue weighted by atomic mass is 32.2. The van der Waals surface area contributed by atoms with Gasteiger partial charge in [0.15, 0.2) is 0 Å². The molecule has 2 aromatic carbocycles. The fourth-order valence-electron chi connectivity index (χ4n) is 8.21. The van der Waals surface area contributed by atoms with Crippen molar-refractivity contribution in [3.8, 4) is 0 Å². The smallest absolute Gasteiger partial charge is 0.405 e. The van der Waals surface area contributed by atoms with E-state index in [-0.39, 0.29) is 7.43 Å².